The number of nitrogens with zero attached hydrogens (tertiary/aromatic N) is 8. The van der Waals surface area contributed by atoms with Gasteiger partial charge in [-0.1, -0.05) is 24.3 Å². The molecule has 310 valence electrons. The fraction of sp³-hybridized carbons (Fsp3) is 0.0889. The fourth-order valence-corrected chi connectivity index (χ4v) is 5.94. The molecule has 0 spiro atoms. The molecule has 5 heterocycles. The van der Waals surface area contributed by atoms with E-state index in [1.165, 1.54) is 17.0 Å². The van der Waals surface area contributed by atoms with Gasteiger partial charge in [-0.05, 0) is 111 Å². The van der Waals surface area contributed by atoms with Crippen LogP contribution in [-0.4, -0.2) is 56.4 Å². The molecule has 0 radical (unpaired) electrons. The lowest BCUT2D eigenvalue weighted by Crippen LogP contribution is -2.14. The maximum Gasteiger partial charge on any atom is 0.416 e. The van der Waals surface area contributed by atoms with E-state index in [1.54, 1.807) is 86.4 Å². The summed E-state index contributed by atoms with van der Waals surface area (Å²) in [5, 5.41) is 17.9. The van der Waals surface area contributed by atoms with Crippen LogP contribution in [0.3, 0.4) is 0 Å². The first-order chi connectivity index (χ1) is 29.8. The zero-order valence-electron chi connectivity index (χ0n) is 33.3. The molecule has 1 amide bonds. The number of rotatable bonds is 10. The molecular formula is C45H36F3N11O3. The SMILES string of the molecule is Cc1ccc(C(=O)O)cc1Nc1nccc(-c2ccccn2)n1.Cc1cn(-c2cc(NC(=O)c3ccc(C)c(Nc4nccc(-c5ccccn5)n4)c3)cc(C(F)(F)F)c2)cn1. The number of hydrogen-bond acceptors (Lipinski definition) is 11. The zero-order valence-corrected chi connectivity index (χ0v) is 33.3. The highest BCUT2D eigenvalue weighted by molar-refractivity contribution is 6.05. The number of pyridine rings is 2. The molecule has 4 N–H and O–H groups in total. The number of aromatic nitrogens is 8. The first-order valence-corrected chi connectivity index (χ1v) is 18.8. The standard InChI is InChI=1S/C28H22F3N7O.C17H14N4O2/c1-17-6-7-19(11-25(17)37-27-33-10-8-24(36-27)23-5-3-4-9-32-23)26(39)35-21-12-20(28(29,30)31)13-22(14-21)38-15-18(2)34-16-38;1-11-5-6-12(16(22)23)10-15(11)21-17-19-9-7-14(20-17)13-4-2-3-8-18-13/h3-16H,1-2H3,(H,35,39)(H,33,36,37);2-10H,1H3,(H,22,23)(H,19,20,21). The normalized spacial score (nSPS) is 10.9. The molecule has 0 atom stereocenters. The lowest BCUT2D eigenvalue weighted by atomic mass is 10.1. The van der Waals surface area contributed by atoms with Crippen LogP contribution in [0.4, 0.5) is 42.1 Å². The molecule has 0 saturated heterocycles. The number of carbonyl (C=O) groups is 2. The van der Waals surface area contributed by atoms with Crippen LogP contribution in [-0.2, 0) is 6.18 Å². The predicted octanol–water partition coefficient (Wildman–Crippen LogP) is 9.64. The van der Waals surface area contributed by atoms with Crippen LogP contribution in [0.25, 0.3) is 28.5 Å². The summed E-state index contributed by atoms with van der Waals surface area (Å²) in [6.45, 7) is 5.46. The molecule has 0 unspecified atom stereocenters. The van der Waals surface area contributed by atoms with E-state index < -0.39 is 23.6 Å². The molecule has 0 aliphatic carbocycles. The van der Waals surface area contributed by atoms with Gasteiger partial charge < -0.3 is 25.6 Å². The van der Waals surface area contributed by atoms with E-state index in [4.69, 9.17) is 5.11 Å². The summed E-state index contributed by atoms with van der Waals surface area (Å²) in [5.74, 6) is -0.861. The van der Waals surface area contributed by atoms with Gasteiger partial charge in [-0.2, -0.15) is 13.2 Å². The van der Waals surface area contributed by atoms with Crippen molar-refractivity contribution in [3.8, 4) is 28.5 Å². The molecule has 3 aromatic carbocycles. The van der Waals surface area contributed by atoms with Crippen molar-refractivity contribution < 1.29 is 27.9 Å². The van der Waals surface area contributed by atoms with Crippen LogP contribution in [0.5, 0.6) is 0 Å². The highest BCUT2D eigenvalue weighted by Crippen LogP contribution is 2.33. The molecule has 0 fully saturated rings. The molecule has 8 rings (SSSR count). The third-order valence-electron chi connectivity index (χ3n) is 9.16. The van der Waals surface area contributed by atoms with Crippen molar-refractivity contribution in [1.29, 1.82) is 0 Å². The van der Waals surface area contributed by atoms with Crippen molar-refractivity contribution in [2.75, 3.05) is 16.0 Å². The quantitative estimate of drug-likeness (QED) is 0.102. The highest BCUT2D eigenvalue weighted by Gasteiger charge is 2.31. The molecule has 14 nitrogen and oxygen atoms in total. The van der Waals surface area contributed by atoms with Crippen LogP contribution in [0.2, 0.25) is 0 Å². The Labute approximate surface area is 352 Å². The van der Waals surface area contributed by atoms with Crippen LogP contribution in [0.1, 0.15) is 43.1 Å². The summed E-state index contributed by atoms with van der Waals surface area (Å²) in [4.78, 5) is 54.2. The maximum absolute atomic E-state index is 13.6. The Balaban J connectivity index is 0.000000213. The minimum absolute atomic E-state index is 0.00217. The van der Waals surface area contributed by atoms with Gasteiger partial charge in [-0.3, -0.25) is 14.8 Å². The Morgan fingerprint density at radius 3 is 1.68 bits per heavy atom. The van der Waals surface area contributed by atoms with E-state index in [9.17, 15) is 22.8 Å². The van der Waals surface area contributed by atoms with Gasteiger partial charge in [-0.15, -0.1) is 0 Å². The summed E-state index contributed by atoms with van der Waals surface area (Å²) in [7, 11) is 0. The number of benzene rings is 3. The number of carboxylic acids is 1. The Morgan fingerprint density at radius 2 is 1.18 bits per heavy atom. The molecule has 0 aliphatic heterocycles. The van der Waals surface area contributed by atoms with Crippen molar-refractivity contribution in [3.05, 3.63) is 174 Å². The molecule has 0 saturated carbocycles. The monoisotopic (exact) mass is 835 g/mol. The van der Waals surface area contributed by atoms with Gasteiger partial charge in [0.1, 0.15) is 0 Å². The van der Waals surface area contributed by atoms with E-state index in [0.29, 0.717) is 46.0 Å². The average molecular weight is 836 g/mol. The third kappa shape index (κ3) is 10.4. The Hall–Kier alpha value is -8.34. The fourth-order valence-electron chi connectivity index (χ4n) is 5.94. The first kappa shape index (κ1) is 41.8. The van der Waals surface area contributed by atoms with Crippen LogP contribution < -0.4 is 16.0 Å². The van der Waals surface area contributed by atoms with E-state index in [0.717, 1.165) is 29.0 Å². The second-order valence-electron chi connectivity index (χ2n) is 13.7. The Bertz CT molecular complexity index is 2870. The number of carbonyl (C=O) groups excluding carboxylic acids is 1. The highest BCUT2D eigenvalue weighted by atomic mass is 19.4. The van der Waals surface area contributed by atoms with Crippen LogP contribution >= 0.6 is 0 Å². The lowest BCUT2D eigenvalue weighted by Gasteiger charge is -2.14. The number of hydrogen-bond donors (Lipinski definition) is 4. The van der Waals surface area contributed by atoms with Gasteiger partial charge >= 0.3 is 12.1 Å². The van der Waals surface area contributed by atoms with Gasteiger partial charge in [0, 0.05) is 59.3 Å². The van der Waals surface area contributed by atoms with Gasteiger partial charge in [0.25, 0.3) is 5.91 Å². The molecule has 5 aromatic heterocycles. The number of nitrogens with one attached hydrogen (secondary N) is 3. The number of carboxylic acid groups (broad SMARTS) is 1. The smallest absolute Gasteiger partial charge is 0.416 e. The van der Waals surface area contributed by atoms with Crippen molar-refractivity contribution in [2.45, 2.75) is 26.9 Å². The van der Waals surface area contributed by atoms with E-state index in [-0.39, 0.29) is 22.5 Å². The minimum atomic E-state index is -4.60. The van der Waals surface area contributed by atoms with Gasteiger partial charge in [-0.25, -0.2) is 29.7 Å². The largest absolute Gasteiger partial charge is 0.478 e. The number of aromatic carboxylic acids is 1. The van der Waals surface area contributed by atoms with Gasteiger partial charge in [0.2, 0.25) is 11.9 Å². The first-order valence-electron chi connectivity index (χ1n) is 18.8. The molecule has 0 aliphatic rings. The second kappa shape index (κ2) is 18.3. The lowest BCUT2D eigenvalue weighted by molar-refractivity contribution is -0.137. The van der Waals surface area contributed by atoms with Crippen molar-refractivity contribution >= 4 is 40.8 Å². The van der Waals surface area contributed by atoms with Crippen LogP contribution in [0.15, 0.2) is 140 Å². The number of anilines is 5. The molecule has 8 aromatic rings. The number of imidazole rings is 1. The average Bonchev–Trinajstić information content (AvgIpc) is 3.72. The number of alkyl halides is 3. The topological polar surface area (TPSA) is 186 Å². The molecule has 62 heavy (non-hydrogen) atoms. The van der Waals surface area contributed by atoms with E-state index in [1.807, 2.05) is 50.2 Å². The summed E-state index contributed by atoms with van der Waals surface area (Å²) >= 11 is 0. The van der Waals surface area contributed by atoms with Crippen molar-refractivity contribution in [3.63, 3.8) is 0 Å². The second-order valence-corrected chi connectivity index (χ2v) is 13.7. The van der Waals surface area contributed by atoms with Crippen LogP contribution in [0, 0.1) is 20.8 Å². The summed E-state index contributed by atoms with van der Waals surface area (Å²) in [6.07, 6.45) is 5.01. The molecule has 0 bridgehead atoms. The van der Waals surface area contributed by atoms with Crippen molar-refractivity contribution in [2.24, 2.45) is 0 Å². The molecule has 17 heteroatoms. The Morgan fingerprint density at radius 1 is 0.613 bits per heavy atom. The zero-order chi connectivity index (χ0) is 43.8. The number of amides is 1. The van der Waals surface area contributed by atoms with E-state index in [2.05, 4.69) is 50.8 Å². The van der Waals surface area contributed by atoms with Crippen molar-refractivity contribution in [1.82, 2.24) is 39.5 Å². The molecular weight excluding hydrogens is 800 g/mol. The third-order valence-corrected chi connectivity index (χ3v) is 9.16. The van der Waals surface area contributed by atoms with Gasteiger partial charge in [0.15, 0.2) is 0 Å². The number of aryl methyl sites for hydroxylation is 3. The van der Waals surface area contributed by atoms with Gasteiger partial charge in [0.05, 0.1) is 45.9 Å². The maximum atomic E-state index is 13.6. The summed E-state index contributed by atoms with van der Waals surface area (Å²) in [5.41, 5.74) is 6.09. The summed E-state index contributed by atoms with van der Waals surface area (Å²) < 4.78 is 42.3. The Kier molecular flexibility index (Phi) is 12.3. The van der Waals surface area contributed by atoms with E-state index >= 15 is 0 Å². The summed E-state index contributed by atoms with van der Waals surface area (Å²) in [6, 6.07) is 27.7. The minimum Gasteiger partial charge on any atom is -0.478 e. The number of halogens is 3. The predicted molar refractivity (Wildman–Crippen MR) is 228 cm³/mol.